The molecule has 0 N–H and O–H groups in total. The Morgan fingerprint density at radius 3 is 2.81 bits per heavy atom. The normalized spacial score (nSPS) is 20.1. The molecule has 0 aliphatic carbocycles. The molecule has 1 aliphatic rings. The zero-order valence-electron chi connectivity index (χ0n) is 8.87. The summed E-state index contributed by atoms with van der Waals surface area (Å²) in [6.45, 7) is 3.97. The summed E-state index contributed by atoms with van der Waals surface area (Å²) >= 11 is 0. The van der Waals surface area contributed by atoms with Gasteiger partial charge in [0.2, 0.25) is 0 Å². The number of benzene rings is 1. The summed E-state index contributed by atoms with van der Waals surface area (Å²) in [4.78, 5) is 13.1. The van der Waals surface area contributed by atoms with Gasteiger partial charge in [0.05, 0.1) is 6.04 Å². The highest BCUT2D eigenvalue weighted by molar-refractivity contribution is 5.71. The van der Waals surface area contributed by atoms with Crippen LogP contribution in [0.5, 0.6) is 0 Å². The minimum Gasteiger partial charge on any atom is -0.447 e. The molecule has 1 heterocycles. The van der Waals surface area contributed by atoms with E-state index in [-0.39, 0.29) is 12.1 Å². The molecule has 2 rings (SSSR count). The van der Waals surface area contributed by atoms with E-state index in [2.05, 4.69) is 6.58 Å². The first kappa shape index (κ1) is 10.5. The van der Waals surface area contributed by atoms with E-state index in [1.54, 1.807) is 23.3 Å². The van der Waals surface area contributed by atoms with E-state index in [4.69, 9.17) is 4.74 Å². The van der Waals surface area contributed by atoms with Crippen molar-refractivity contribution in [2.45, 2.75) is 6.04 Å². The third kappa shape index (κ3) is 1.98. The third-order valence-corrected chi connectivity index (χ3v) is 2.48. The van der Waals surface area contributed by atoms with Crippen LogP contribution >= 0.6 is 0 Å². The molecule has 0 saturated carbocycles. The van der Waals surface area contributed by atoms with Gasteiger partial charge in [-0.1, -0.05) is 43.0 Å². The van der Waals surface area contributed by atoms with Crippen LogP contribution in [0.15, 0.2) is 55.3 Å². The van der Waals surface area contributed by atoms with Crippen LogP contribution in [0.2, 0.25) is 0 Å². The Kier molecular flexibility index (Phi) is 3.05. The van der Waals surface area contributed by atoms with E-state index < -0.39 is 0 Å². The maximum absolute atomic E-state index is 11.5. The van der Waals surface area contributed by atoms with Gasteiger partial charge >= 0.3 is 6.09 Å². The van der Waals surface area contributed by atoms with Crippen molar-refractivity contribution in [3.8, 4) is 0 Å². The minimum absolute atomic E-state index is 0.0371. The van der Waals surface area contributed by atoms with Gasteiger partial charge in [0.1, 0.15) is 6.61 Å². The van der Waals surface area contributed by atoms with E-state index in [1.807, 2.05) is 30.3 Å². The smallest absolute Gasteiger partial charge is 0.414 e. The Bertz CT molecular complexity index is 411. The SMILES string of the molecule is C=C/C=C/N1C(=O)OC[C@H]1c1ccccc1. The number of nitrogens with zero attached hydrogens (tertiary/aromatic N) is 1. The summed E-state index contributed by atoms with van der Waals surface area (Å²) < 4.78 is 5.03. The zero-order chi connectivity index (χ0) is 11.4. The molecule has 0 unspecified atom stereocenters. The number of amides is 1. The fraction of sp³-hybridized carbons (Fsp3) is 0.154. The molecular formula is C13H13NO2. The van der Waals surface area contributed by atoms with Crippen LogP contribution in [0.4, 0.5) is 4.79 Å². The van der Waals surface area contributed by atoms with Crippen LogP contribution in [0, 0.1) is 0 Å². The fourth-order valence-electron chi connectivity index (χ4n) is 1.68. The first-order valence-electron chi connectivity index (χ1n) is 5.12. The predicted molar refractivity (Wildman–Crippen MR) is 61.7 cm³/mol. The largest absolute Gasteiger partial charge is 0.447 e. The maximum atomic E-state index is 11.5. The second-order valence-corrected chi connectivity index (χ2v) is 3.49. The third-order valence-electron chi connectivity index (χ3n) is 2.48. The summed E-state index contributed by atoms with van der Waals surface area (Å²) in [5, 5.41) is 0. The van der Waals surface area contributed by atoms with Crippen LogP contribution in [0.3, 0.4) is 0 Å². The first-order valence-corrected chi connectivity index (χ1v) is 5.12. The molecule has 1 atom stereocenters. The quantitative estimate of drug-likeness (QED) is 0.725. The molecule has 3 heteroatoms. The molecule has 1 saturated heterocycles. The van der Waals surface area contributed by atoms with Crippen molar-refractivity contribution in [3.63, 3.8) is 0 Å². The lowest BCUT2D eigenvalue weighted by molar-refractivity contribution is 0.166. The highest BCUT2D eigenvalue weighted by Gasteiger charge is 2.32. The van der Waals surface area contributed by atoms with Crippen LogP contribution in [-0.2, 0) is 4.74 Å². The van der Waals surface area contributed by atoms with Gasteiger partial charge in [-0.15, -0.1) is 0 Å². The van der Waals surface area contributed by atoms with Crippen molar-refractivity contribution >= 4 is 6.09 Å². The average molecular weight is 215 g/mol. The Balaban J connectivity index is 2.24. The monoisotopic (exact) mass is 215 g/mol. The second kappa shape index (κ2) is 4.66. The zero-order valence-corrected chi connectivity index (χ0v) is 8.87. The van der Waals surface area contributed by atoms with Gasteiger partial charge in [-0.3, -0.25) is 4.90 Å². The Labute approximate surface area is 94.6 Å². The van der Waals surface area contributed by atoms with E-state index in [0.717, 1.165) is 5.56 Å². The molecule has 0 spiro atoms. The number of ether oxygens (including phenoxy) is 1. The number of rotatable bonds is 3. The van der Waals surface area contributed by atoms with E-state index in [0.29, 0.717) is 6.61 Å². The van der Waals surface area contributed by atoms with Gasteiger partial charge < -0.3 is 4.74 Å². The topological polar surface area (TPSA) is 29.5 Å². The van der Waals surface area contributed by atoms with Crippen molar-refractivity contribution in [3.05, 3.63) is 60.8 Å². The van der Waals surface area contributed by atoms with Crippen LogP contribution in [0.1, 0.15) is 11.6 Å². The van der Waals surface area contributed by atoms with E-state index in [1.165, 1.54) is 0 Å². The molecule has 0 aromatic heterocycles. The number of cyclic esters (lactones) is 1. The lowest BCUT2D eigenvalue weighted by atomic mass is 10.1. The van der Waals surface area contributed by atoms with Crippen molar-refractivity contribution in [2.24, 2.45) is 0 Å². The molecule has 1 aliphatic heterocycles. The molecule has 0 radical (unpaired) electrons. The molecule has 16 heavy (non-hydrogen) atoms. The predicted octanol–water partition coefficient (Wildman–Crippen LogP) is 2.88. The van der Waals surface area contributed by atoms with Crippen LogP contribution in [-0.4, -0.2) is 17.6 Å². The summed E-state index contributed by atoms with van der Waals surface area (Å²) in [6.07, 6.45) is 4.74. The standard InChI is InChI=1S/C13H13NO2/c1-2-3-9-14-12(10-16-13(14)15)11-7-5-4-6-8-11/h2-9,12H,1,10H2/b9-3+/t12-/m0/s1. The van der Waals surface area contributed by atoms with Crippen LogP contribution < -0.4 is 0 Å². The Morgan fingerprint density at radius 1 is 1.38 bits per heavy atom. The molecule has 0 bridgehead atoms. The average Bonchev–Trinajstić information content (AvgIpc) is 2.69. The van der Waals surface area contributed by atoms with Gasteiger partial charge in [-0.05, 0) is 11.6 Å². The van der Waals surface area contributed by atoms with Crippen molar-refractivity contribution in [1.29, 1.82) is 0 Å². The highest BCUT2D eigenvalue weighted by atomic mass is 16.6. The Hall–Kier alpha value is -2.03. The number of carbonyl (C=O) groups excluding carboxylic acids is 1. The molecule has 82 valence electrons. The molecule has 1 aromatic rings. The van der Waals surface area contributed by atoms with E-state index >= 15 is 0 Å². The summed E-state index contributed by atoms with van der Waals surface area (Å²) in [7, 11) is 0. The van der Waals surface area contributed by atoms with Gasteiger partial charge in [0.25, 0.3) is 0 Å². The van der Waals surface area contributed by atoms with Gasteiger partial charge in [0, 0.05) is 6.20 Å². The lowest BCUT2D eigenvalue weighted by Crippen LogP contribution is -2.21. The molecule has 3 nitrogen and oxygen atoms in total. The summed E-state index contributed by atoms with van der Waals surface area (Å²) in [6, 6.07) is 9.79. The van der Waals surface area contributed by atoms with Gasteiger partial charge in [-0.25, -0.2) is 4.79 Å². The minimum atomic E-state index is -0.313. The Morgan fingerprint density at radius 2 is 2.12 bits per heavy atom. The molecule has 1 amide bonds. The molecular weight excluding hydrogens is 202 g/mol. The van der Waals surface area contributed by atoms with Gasteiger partial charge in [0.15, 0.2) is 0 Å². The van der Waals surface area contributed by atoms with E-state index in [9.17, 15) is 4.79 Å². The molecule has 1 aromatic carbocycles. The highest BCUT2D eigenvalue weighted by Crippen LogP contribution is 2.27. The van der Waals surface area contributed by atoms with Crippen LogP contribution in [0.25, 0.3) is 0 Å². The molecule has 1 fully saturated rings. The number of hydrogen-bond donors (Lipinski definition) is 0. The fourth-order valence-corrected chi connectivity index (χ4v) is 1.68. The maximum Gasteiger partial charge on any atom is 0.414 e. The summed E-state index contributed by atoms with van der Waals surface area (Å²) in [5.74, 6) is 0. The van der Waals surface area contributed by atoms with Gasteiger partial charge in [-0.2, -0.15) is 0 Å². The van der Waals surface area contributed by atoms with Crippen molar-refractivity contribution < 1.29 is 9.53 Å². The first-order chi connectivity index (χ1) is 7.83. The number of hydrogen-bond acceptors (Lipinski definition) is 2. The number of allylic oxidation sites excluding steroid dienone is 2. The summed E-state index contributed by atoms with van der Waals surface area (Å²) in [5.41, 5.74) is 1.07. The van der Waals surface area contributed by atoms with Crippen molar-refractivity contribution in [2.75, 3.05) is 6.61 Å². The van der Waals surface area contributed by atoms with Crippen molar-refractivity contribution in [1.82, 2.24) is 4.90 Å². The number of carbonyl (C=O) groups is 1. The lowest BCUT2D eigenvalue weighted by Gasteiger charge is -2.17. The second-order valence-electron chi connectivity index (χ2n) is 3.49.